The zero-order chi connectivity index (χ0) is 13.1. The summed E-state index contributed by atoms with van der Waals surface area (Å²) in [6, 6.07) is 0.497. The lowest BCUT2D eigenvalue weighted by Gasteiger charge is -2.39. The number of rotatable bonds is 4. The van der Waals surface area contributed by atoms with Crippen LogP contribution >= 0.6 is 11.8 Å². The number of aryl methyl sites for hydroxylation is 1. The third-order valence-electron chi connectivity index (χ3n) is 3.61. The van der Waals surface area contributed by atoms with Crippen LogP contribution < -0.4 is 5.73 Å². The summed E-state index contributed by atoms with van der Waals surface area (Å²) in [5, 5.41) is 4.99. The molecule has 1 aliphatic rings. The van der Waals surface area contributed by atoms with Gasteiger partial charge < -0.3 is 5.73 Å². The van der Waals surface area contributed by atoms with Gasteiger partial charge in [0.25, 0.3) is 0 Å². The Balaban J connectivity index is 2.19. The van der Waals surface area contributed by atoms with Crippen LogP contribution in [0, 0.1) is 0 Å². The number of hydrogen-bond donors (Lipinski definition) is 1. The number of nitrogens with two attached hydrogens (primary N) is 1. The zero-order valence-corrected chi connectivity index (χ0v) is 12.4. The molecule has 2 N–H and O–H groups in total. The fourth-order valence-corrected chi connectivity index (χ4v) is 3.68. The largest absolute Gasteiger partial charge is 0.326 e. The summed E-state index contributed by atoms with van der Waals surface area (Å²) in [5.74, 6) is 1.20. The second kappa shape index (κ2) is 6.08. The van der Waals surface area contributed by atoms with E-state index >= 15 is 0 Å². The fraction of sp³-hybridized carbons (Fsp3) is 0.769. The molecule has 4 nitrogen and oxygen atoms in total. The van der Waals surface area contributed by atoms with Gasteiger partial charge in [-0.05, 0) is 6.42 Å². The Morgan fingerprint density at radius 2 is 2.39 bits per heavy atom. The highest BCUT2D eigenvalue weighted by atomic mass is 32.2. The van der Waals surface area contributed by atoms with Gasteiger partial charge in [-0.2, -0.15) is 16.9 Å². The molecule has 0 bridgehead atoms. The van der Waals surface area contributed by atoms with Crippen molar-refractivity contribution in [3.05, 3.63) is 18.0 Å². The molecular weight excluding hydrogens is 244 g/mol. The molecule has 18 heavy (non-hydrogen) atoms. The molecule has 2 heterocycles. The molecule has 1 saturated heterocycles. The Hall–Kier alpha value is -0.520. The quantitative estimate of drug-likeness (QED) is 0.902. The van der Waals surface area contributed by atoms with Crippen molar-refractivity contribution in [2.24, 2.45) is 12.8 Å². The smallest absolute Gasteiger partial charge is 0.0538 e. The Labute approximate surface area is 114 Å². The zero-order valence-electron chi connectivity index (χ0n) is 11.5. The minimum Gasteiger partial charge on any atom is -0.326 e. The first-order valence-corrected chi connectivity index (χ1v) is 7.76. The molecule has 1 fully saturated rings. The van der Waals surface area contributed by atoms with Crippen molar-refractivity contribution in [2.45, 2.75) is 37.6 Å². The normalized spacial score (nSPS) is 25.0. The SMILES string of the molecule is CCC(N)C(c1cnn(C)c1)N1CCSC(C)C1. The first-order valence-electron chi connectivity index (χ1n) is 6.71. The molecule has 0 radical (unpaired) electrons. The highest BCUT2D eigenvalue weighted by molar-refractivity contribution is 7.99. The van der Waals surface area contributed by atoms with Crippen molar-refractivity contribution >= 4 is 11.8 Å². The van der Waals surface area contributed by atoms with Gasteiger partial charge in [-0.15, -0.1) is 0 Å². The van der Waals surface area contributed by atoms with E-state index in [2.05, 4.69) is 41.8 Å². The Morgan fingerprint density at radius 1 is 1.61 bits per heavy atom. The van der Waals surface area contributed by atoms with E-state index in [1.807, 2.05) is 17.9 Å². The highest BCUT2D eigenvalue weighted by Crippen LogP contribution is 2.29. The maximum atomic E-state index is 6.35. The maximum absolute atomic E-state index is 6.35. The lowest BCUT2D eigenvalue weighted by molar-refractivity contribution is 0.177. The van der Waals surface area contributed by atoms with Crippen molar-refractivity contribution in [3.8, 4) is 0 Å². The van der Waals surface area contributed by atoms with Crippen LogP contribution in [0.1, 0.15) is 31.9 Å². The average Bonchev–Trinajstić information content (AvgIpc) is 2.76. The van der Waals surface area contributed by atoms with Crippen LogP contribution in [-0.2, 0) is 7.05 Å². The van der Waals surface area contributed by atoms with E-state index in [1.54, 1.807) is 0 Å². The summed E-state index contributed by atoms with van der Waals surface area (Å²) in [6.07, 6.45) is 5.07. The molecule has 0 amide bonds. The molecule has 0 aromatic carbocycles. The molecule has 0 saturated carbocycles. The van der Waals surface area contributed by atoms with Crippen LogP contribution in [0.15, 0.2) is 12.4 Å². The van der Waals surface area contributed by atoms with E-state index in [0.717, 1.165) is 19.5 Å². The van der Waals surface area contributed by atoms with E-state index in [1.165, 1.54) is 11.3 Å². The van der Waals surface area contributed by atoms with Gasteiger partial charge in [-0.1, -0.05) is 13.8 Å². The van der Waals surface area contributed by atoms with E-state index in [-0.39, 0.29) is 6.04 Å². The predicted molar refractivity (Wildman–Crippen MR) is 77.7 cm³/mol. The topological polar surface area (TPSA) is 47.1 Å². The lowest BCUT2D eigenvalue weighted by Crippen LogP contribution is -2.46. The molecule has 1 aliphatic heterocycles. The lowest BCUT2D eigenvalue weighted by atomic mass is 9.98. The van der Waals surface area contributed by atoms with Gasteiger partial charge in [-0.25, -0.2) is 0 Å². The fourth-order valence-electron chi connectivity index (χ4n) is 2.64. The first kappa shape index (κ1) is 13.9. The average molecular weight is 268 g/mol. The Bertz CT molecular complexity index is 379. The second-order valence-corrected chi connectivity index (χ2v) is 6.69. The van der Waals surface area contributed by atoms with Gasteiger partial charge in [0.2, 0.25) is 0 Å². The van der Waals surface area contributed by atoms with Crippen molar-refractivity contribution in [1.29, 1.82) is 0 Å². The molecule has 1 aromatic heterocycles. The Kier molecular flexibility index (Phi) is 4.70. The van der Waals surface area contributed by atoms with Crippen molar-refractivity contribution in [3.63, 3.8) is 0 Å². The van der Waals surface area contributed by atoms with Gasteiger partial charge in [0, 0.05) is 48.9 Å². The van der Waals surface area contributed by atoms with E-state index < -0.39 is 0 Å². The van der Waals surface area contributed by atoms with Crippen molar-refractivity contribution in [2.75, 3.05) is 18.8 Å². The van der Waals surface area contributed by atoms with Crippen molar-refractivity contribution in [1.82, 2.24) is 14.7 Å². The monoisotopic (exact) mass is 268 g/mol. The highest BCUT2D eigenvalue weighted by Gasteiger charge is 2.29. The molecule has 2 rings (SSSR count). The molecule has 5 heteroatoms. The minimum atomic E-state index is 0.185. The molecule has 0 aliphatic carbocycles. The summed E-state index contributed by atoms with van der Waals surface area (Å²) < 4.78 is 1.87. The number of aromatic nitrogens is 2. The molecule has 3 atom stereocenters. The minimum absolute atomic E-state index is 0.185. The maximum Gasteiger partial charge on any atom is 0.0538 e. The summed E-state index contributed by atoms with van der Waals surface area (Å²) >= 11 is 2.06. The van der Waals surface area contributed by atoms with Crippen LogP contribution in [0.4, 0.5) is 0 Å². The van der Waals surface area contributed by atoms with Gasteiger partial charge in [-0.3, -0.25) is 9.58 Å². The van der Waals surface area contributed by atoms with Crippen LogP contribution in [0.3, 0.4) is 0 Å². The number of nitrogens with zero attached hydrogens (tertiary/aromatic N) is 3. The van der Waals surface area contributed by atoms with Gasteiger partial charge >= 0.3 is 0 Å². The van der Waals surface area contributed by atoms with Crippen molar-refractivity contribution < 1.29 is 0 Å². The standard InChI is InChI=1S/C13H24N4S/c1-4-12(14)13(11-7-15-16(3)9-11)17-5-6-18-10(2)8-17/h7,9-10,12-13H,4-6,8,14H2,1-3H3. The molecular formula is C13H24N4S. The van der Waals surface area contributed by atoms with Gasteiger partial charge in [0.1, 0.15) is 0 Å². The summed E-state index contributed by atoms with van der Waals surface area (Å²) in [6.45, 7) is 6.71. The Morgan fingerprint density at radius 3 is 2.94 bits per heavy atom. The number of hydrogen-bond acceptors (Lipinski definition) is 4. The van der Waals surface area contributed by atoms with Crippen LogP contribution in [-0.4, -0.2) is 44.8 Å². The van der Waals surface area contributed by atoms with Crippen LogP contribution in [0.25, 0.3) is 0 Å². The summed E-state index contributed by atoms with van der Waals surface area (Å²) in [7, 11) is 1.96. The van der Waals surface area contributed by atoms with Gasteiger partial charge in [0.05, 0.1) is 12.2 Å². The van der Waals surface area contributed by atoms with Crippen LogP contribution in [0.2, 0.25) is 0 Å². The summed E-state index contributed by atoms with van der Waals surface area (Å²) in [4.78, 5) is 2.53. The van der Waals surface area contributed by atoms with E-state index in [0.29, 0.717) is 11.3 Å². The summed E-state index contributed by atoms with van der Waals surface area (Å²) in [5.41, 5.74) is 7.60. The molecule has 1 aromatic rings. The first-order chi connectivity index (χ1) is 8.61. The molecule has 0 spiro atoms. The van der Waals surface area contributed by atoms with Crippen LogP contribution in [0.5, 0.6) is 0 Å². The number of thioether (sulfide) groups is 1. The van der Waals surface area contributed by atoms with E-state index in [9.17, 15) is 0 Å². The van der Waals surface area contributed by atoms with E-state index in [4.69, 9.17) is 5.73 Å². The molecule has 102 valence electrons. The molecule has 3 unspecified atom stereocenters. The third-order valence-corrected chi connectivity index (χ3v) is 4.75. The predicted octanol–water partition coefficient (Wildman–Crippen LogP) is 1.64. The third kappa shape index (κ3) is 3.08. The second-order valence-electron chi connectivity index (χ2n) is 5.14. The van der Waals surface area contributed by atoms with Gasteiger partial charge in [0.15, 0.2) is 0 Å².